The fourth-order valence-electron chi connectivity index (χ4n) is 3.85. The highest BCUT2D eigenvalue weighted by molar-refractivity contribution is 7.09. The molecule has 4 nitrogen and oxygen atoms in total. The molecule has 2 aromatic rings. The lowest BCUT2D eigenvalue weighted by molar-refractivity contribution is -0.132. The van der Waals surface area contributed by atoms with Crippen LogP contribution in [-0.4, -0.2) is 33.4 Å². The van der Waals surface area contributed by atoms with E-state index in [0.717, 1.165) is 51.2 Å². The molecule has 0 bridgehead atoms. The van der Waals surface area contributed by atoms with Crippen LogP contribution in [0.4, 0.5) is 0 Å². The number of rotatable bonds is 7. The average Bonchev–Trinajstić information content (AvgIpc) is 3.10. The number of nitrogens with zero attached hydrogens (tertiary/aromatic N) is 3. The van der Waals surface area contributed by atoms with Crippen molar-refractivity contribution in [3.8, 4) is 0 Å². The summed E-state index contributed by atoms with van der Waals surface area (Å²) in [5, 5.41) is 2.11. The maximum Gasteiger partial charge on any atom is 0.222 e. The van der Waals surface area contributed by atoms with E-state index in [1.165, 1.54) is 23.5 Å². The molecule has 4 rings (SSSR count). The average molecular weight is 358 g/mol. The Bertz CT molecular complexity index is 690. The minimum Gasteiger partial charge on any atom is -0.342 e. The number of piperidine rings is 1. The smallest absolute Gasteiger partial charge is 0.222 e. The fraction of sp³-hybridized carbons (Fsp3) is 0.600. The summed E-state index contributed by atoms with van der Waals surface area (Å²) in [5.41, 5.74) is 0. The molecule has 2 aliphatic rings. The lowest BCUT2D eigenvalue weighted by atomic mass is 9.96. The molecular weight excluding hydrogens is 330 g/mol. The van der Waals surface area contributed by atoms with Gasteiger partial charge in [-0.1, -0.05) is 6.07 Å². The van der Waals surface area contributed by atoms with Crippen molar-refractivity contribution in [1.82, 2.24) is 14.5 Å². The van der Waals surface area contributed by atoms with E-state index in [-0.39, 0.29) is 0 Å². The first-order chi connectivity index (χ1) is 12.3. The van der Waals surface area contributed by atoms with Gasteiger partial charge in [-0.05, 0) is 55.9 Å². The molecule has 0 unspecified atom stereocenters. The third-order valence-corrected chi connectivity index (χ3v) is 6.37. The molecule has 1 aliphatic heterocycles. The van der Waals surface area contributed by atoms with Crippen LogP contribution in [0.3, 0.4) is 0 Å². The van der Waals surface area contributed by atoms with E-state index in [9.17, 15) is 4.79 Å². The Morgan fingerprint density at radius 1 is 1.32 bits per heavy atom. The van der Waals surface area contributed by atoms with E-state index in [1.54, 1.807) is 11.3 Å². The molecule has 25 heavy (non-hydrogen) atoms. The summed E-state index contributed by atoms with van der Waals surface area (Å²) in [7, 11) is 0. The Morgan fingerprint density at radius 3 is 3.04 bits per heavy atom. The van der Waals surface area contributed by atoms with Crippen molar-refractivity contribution in [3.63, 3.8) is 0 Å². The minimum atomic E-state index is 0.321. The van der Waals surface area contributed by atoms with E-state index in [1.807, 2.05) is 6.20 Å². The largest absolute Gasteiger partial charge is 0.342 e. The summed E-state index contributed by atoms with van der Waals surface area (Å²) in [6.07, 6.45) is 11.7. The quantitative estimate of drug-likeness (QED) is 0.749. The number of aryl methyl sites for hydroxylation is 1. The summed E-state index contributed by atoms with van der Waals surface area (Å²) >= 11 is 1.78. The van der Waals surface area contributed by atoms with E-state index in [2.05, 4.69) is 38.2 Å². The molecule has 1 atom stereocenters. The zero-order valence-corrected chi connectivity index (χ0v) is 15.6. The number of amides is 1. The van der Waals surface area contributed by atoms with Gasteiger partial charge in [0.05, 0.1) is 0 Å². The second-order valence-corrected chi connectivity index (χ2v) is 8.53. The Balaban J connectivity index is 1.31. The first-order valence-corrected chi connectivity index (χ1v) is 10.5. The minimum absolute atomic E-state index is 0.321. The van der Waals surface area contributed by atoms with E-state index < -0.39 is 0 Å². The number of likely N-dealkylation sites (tertiary alicyclic amines) is 1. The SMILES string of the molecule is O=C(CCCc1cccs1)N1CCC[C@@H](c2nccn2CC2CC2)C1. The van der Waals surface area contributed by atoms with Gasteiger partial charge in [-0.15, -0.1) is 11.3 Å². The maximum atomic E-state index is 12.6. The molecule has 0 radical (unpaired) electrons. The van der Waals surface area contributed by atoms with Gasteiger partial charge in [0.25, 0.3) is 0 Å². The summed E-state index contributed by atoms with van der Waals surface area (Å²) < 4.78 is 2.34. The van der Waals surface area contributed by atoms with Crippen LogP contribution in [-0.2, 0) is 17.8 Å². The topological polar surface area (TPSA) is 38.1 Å². The van der Waals surface area contributed by atoms with Crippen LogP contribution >= 0.6 is 11.3 Å². The standard InChI is InChI=1S/C20H27N3OS/c24-19(7-1-5-18-6-3-13-25-18)22-11-2-4-17(15-22)20-21-10-12-23(20)14-16-8-9-16/h3,6,10,12-13,16-17H,1-2,4-5,7-9,11,14-15H2/t17-/m1/s1. The van der Waals surface area contributed by atoms with Crippen molar-refractivity contribution in [2.24, 2.45) is 5.92 Å². The molecular formula is C20H27N3OS. The second kappa shape index (κ2) is 7.73. The molecule has 0 N–H and O–H groups in total. The van der Waals surface area contributed by atoms with Gasteiger partial charge in [-0.25, -0.2) is 4.98 Å². The number of carbonyl (C=O) groups excluding carboxylic acids is 1. The molecule has 1 saturated heterocycles. The second-order valence-electron chi connectivity index (χ2n) is 7.49. The molecule has 3 heterocycles. The van der Waals surface area contributed by atoms with Crippen LogP contribution in [0.15, 0.2) is 29.9 Å². The Labute approximate surface area is 153 Å². The van der Waals surface area contributed by atoms with Gasteiger partial charge in [0, 0.05) is 49.2 Å². The van der Waals surface area contributed by atoms with Crippen molar-refractivity contribution >= 4 is 17.2 Å². The van der Waals surface area contributed by atoms with Crippen LogP contribution in [0.2, 0.25) is 0 Å². The predicted molar refractivity (Wildman–Crippen MR) is 101 cm³/mol. The summed E-state index contributed by atoms with van der Waals surface area (Å²) in [4.78, 5) is 20.7. The van der Waals surface area contributed by atoms with E-state index >= 15 is 0 Å². The number of hydrogen-bond acceptors (Lipinski definition) is 3. The Morgan fingerprint density at radius 2 is 2.24 bits per heavy atom. The zero-order chi connectivity index (χ0) is 17.1. The number of carbonyl (C=O) groups is 1. The predicted octanol–water partition coefficient (Wildman–Crippen LogP) is 4.08. The lowest BCUT2D eigenvalue weighted by Crippen LogP contribution is -2.39. The van der Waals surface area contributed by atoms with Crippen molar-refractivity contribution < 1.29 is 4.79 Å². The molecule has 1 saturated carbocycles. The summed E-state index contributed by atoms with van der Waals surface area (Å²) in [5.74, 6) is 2.78. The van der Waals surface area contributed by atoms with Gasteiger partial charge >= 0.3 is 0 Å². The third-order valence-electron chi connectivity index (χ3n) is 5.43. The summed E-state index contributed by atoms with van der Waals surface area (Å²) in [6.45, 7) is 2.87. The molecule has 2 aromatic heterocycles. The molecule has 1 amide bonds. The lowest BCUT2D eigenvalue weighted by Gasteiger charge is -2.33. The van der Waals surface area contributed by atoms with Gasteiger partial charge in [0.1, 0.15) is 5.82 Å². The first kappa shape index (κ1) is 16.8. The van der Waals surface area contributed by atoms with Crippen LogP contribution in [0.25, 0.3) is 0 Å². The van der Waals surface area contributed by atoms with Gasteiger partial charge in [-0.3, -0.25) is 4.79 Å². The molecule has 5 heteroatoms. The van der Waals surface area contributed by atoms with E-state index in [4.69, 9.17) is 0 Å². The zero-order valence-electron chi connectivity index (χ0n) is 14.8. The van der Waals surface area contributed by atoms with E-state index in [0.29, 0.717) is 18.2 Å². The fourth-order valence-corrected chi connectivity index (χ4v) is 4.61. The third kappa shape index (κ3) is 4.32. The Hall–Kier alpha value is -1.62. The van der Waals surface area contributed by atoms with Crippen molar-refractivity contribution in [1.29, 1.82) is 0 Å². The molecule has 0 spiro atoms. The Kier molecular flexibility index (Phi) is 5.20. The van der Waals surface area contributed by atoms with Gasteiger partial charge in [0.15, 0.2) is 0 Å². The molecule has 1 aliphatic carbocycles. The van der Waals surface area contributed by atoms with Crippen LogP contribution in [0.1, 0.15) is 55.1 Å². The highest BCUT2D eigenvalue weighted by Gasteiger charge is 2.29. The number of imidazole rings is 1. The first-order valence-electron chi connectivity index (χ1n) is 9.61. The van der Waals surface area contributed by atoms with Crippen LogP contribution in [0, 0.1) is 5.92 Å². The number of hydrogen-bond donors (Lipinski definition) is 0. The van der Waals surface area contributed by atoms with Crippen LogP contribution < -0.4 is 0 Å². The van der Waals surface area contributed by atoms with Gasteiger partial charge in [0.2, 0.25) is 5.91 Å². The summed E-state index contributed by atoms with van der Waals surface area (Å²) in [6, 6.07) is 4.24. The maximum absolute atomic E-state index is 12.6. The highest BCUT2D eigenvalue weighted by Crippen LogP contribution is 2.33. The highest BCUT2D eigenvalue weighted by atomic mass is 32.1. The monoisotopic (exact) mass is 357 g/mol. The number of aromatic nitrogens is 2. The van der Waals surface area contributed by atoms with Gasteiger partial charge < -0.3 is 9.47 Å². The molecule has 134 valence electrons. The van der Waals surface area contributed by atoms with Crippen molar-refractivity contribution in [2.45, 2.75) is 57.4 Å². The van der Waals surface area contributed by atoms with Crippen molar-refractivity contribution in [3.05, 3.63) is 40.6 Å². The molecule has 2 fully saturated rings. The van der Waals surface area contributed by atoms with Gasteiger partial charge in [-0.2, -0.15) is 0 Å². The van der Waals surface area contributed by atoms with Crippen LogP contribution in [0.5, 0.6) is 0 Å². The molecule has 0 aromatic carbocycles. The van der Waals surface area contributed by atoms with Crippen molar-refractivity contribution in [2.75, 3.05) is 13.1 Å². The normalized spacial score (nSPS) is 20.8. The number of thiophene rings is 1.